The SMILES string of the molecule is CC(=O)Nc1ccc(C(F)CN)cc1. The van der Waals surface area contributed by atoms with Crippen LogP contribution in [0.25, 0.3) is 0 Å². The molecule has 0 aromatic heterocycles. The average Bonchev–Trinajstić information content (AvgIpc) is 2.17. The molecule has 1 aromatic rings. The zero-order valence-electron chi connectivity index (χ0n) is 7.96. The van der Waals surface area contributed by atoms with Crippen molar-refractivity contribution in [1.82, 2.24) is 0 Å². The third-order valence-corrected chi connectivity index (χ3v) is 1.80. The van der Waals surface area contributed by atoms with Gasteiger partial charge in [0.25, 0.3) is 0 Å². The van der Waals surface area contributed by atoms with Crippen LogP contribution in [0.4, 0.5) is 10.1 Å². The minimum Gasteiger partial charge on any atom is -0.327 e. The number of nitrogens with one attached hydrogen (secondary N) is 1. The molecule has 0 saturated carbocycles. The molecule has 0 aliphatic rings. The summed E-state index contributed by atoms with van der Waals surface area (Å²) in [6, 6.07) is 6.53. The first kappa shape index (κ1) is 10.7. The van der Waals surface area contributed by atoms with Crippen molar-refractivity contribution in [2.75, 3.05) is 11.9 Å². The van der Waals surface area contributed by atoms with Gasteiger partial charge in [0.2, 0.25) is 5.91 Å². The van der Waals surface area contributed by atoms with Crippen molar-refractivity contribution >= 4 is 11.6 Å². The summed E-state index contributed by atoms with van der Waals surface area (Å²) in [5, 5.41) is 2.60. The van der Waals surface area contributed by atoms with Gasteiger partial charge >= 0.3 is 0 Å². The second-order valence-electron chi connectivity index (χ2n) is 3.01. The lowest BCUT2D eigenvalue weighted by Crippen LogP contribution is -2.08. The Morgan fingerprint density at radius 1 is 1.50 bits per heavy atom. The number of nitrogens with two attached hydrogens (primary N) is 1. The number of carbonyl (C=O) groups excluding carboxylic acids is 1. The van der Waals surface area contributed by atoms with Crippen LogP contribution in [0, 0.1) is 0 Å². The first-order chi connectivity index (χ1) is 6.63. The van der Waals surface area contributed by atoms with E-state index >= 15 is 0 Å². The highest BCUT2D eigenvalue weighted by atomic mass is 19.1. The summed E-state index contributed by atoms with van der Waals surface area (Å²) in [4.78, 5) is 10.7. The van der Waals surface area contributed by atoms with Gasteiger partial charge in [-0.1, -0.05) is 12.1 Å². The van der Waals surface area contributed by atoms with E-state index in [2.05, 4.69) is 5.32 Å². The second kappa shape index (κ2) is 4.72. The number of anilines is 1. The molecule has 3 N–H and O–H groups in total. The molecule has 1 atom stereocenters. The first-order valence-electron chi connectivity index (χ1n) is 4.35. The van der Waals surface area contributed by atoms with Gasteiger partial charge in [-0.05, 0) is 17.7 Å². The standard InChI is InChI=1S/C10H13FN2O/c1-7(14)13-9-4-2-8(3-5-9)10(11)6-12/h2-5,10H,6,12H2,1H3,(H,13,14). The molecule has 1 rings (SSSR count). The maximum absolute atomic E-state index is 13.0. The van der Waals surface area contributed by atoms with Gasteiger partial charge in [0.05, 0.1) is 0 Å². The number of hydrogen-bond donors (Lipinski definition) is 2. The summed E-state index contributed by atoms with van der Waals surface area (Å²) in [6.07, 6.45) is -1.14. The van der Waals surface area contributed by atoms with E-state index in [9.17, 15) is 9.18 Å². The van der Waals surface area contributed by atoms with Gasteiger partial charge in [0.1, 0.15) is 6.17 Å². The van der Waals surface area contributed by atoms with Crippen LogP contribution in [0.5, 0.6) is 0 Å². The summed E-state index contributed by atoms with van der Waals surface area (Å²) >= 11 is 0. The van der Waals surface area contributed by atoms with Crippen LogP contribution in [-0.4, -0.2) is 12.5 Å². The van der Waals surface area contributed by atoms with E-state index in [1.165, 1.54) is 6.92 Å². The Hall–Kier alpha value is -1.42. The van der Waals surface area contributed by atoms with Gasteiger partial charge in [-0.15, -0.1) is 0 Å². The number of halogens is 1. The van der Waals surface area contributed by atoms with E-state index in [0.29, 0.717) is 11.3 Å². The third-order valence-electron chi connectivity index (χ3n) is 1.80. The summed E-state index contributed by atoms with van der Waals surface area (Å²) in [7, 11) is 0. The zero-order valence-corrected chi connectivity index (χ0v) is 7.96. The highest BCUT2D eigenvalue weighted by Crippen LogP contribution is 2.18. The summed E-state index contributed by atoms with van der Waals surface area (Å²) in [5.74, 6) is -0.145. The quantitative estimate of drug-likeness (QED) is 0.771. The molecule has 0 heterocycles. The van der Waals surface area contributed by atoms with Crippen LogP contribution in [0.1, 0.15) is 18.7 Å². The number of carbonyl (C=O) groups is 1. The molecular weight excluding hydrogens is 183 g/mol. The predicted molar refractivity (Wildman–Crippen MR) is 53.6 cm³/mol. The Bertz CT molecular complexity index is 310. The molecule has 1 aromatic carbocycles. The van der Waals surface area contributed by atoms with E-state index in [4.69, 9.17) is 5.73 Å². The topological polar surface area (TPSA) is 55.1 Å². The second-order valence-corrected chi connectivity index (χ2v) is 3.01. The van der Waals surface area contributed by atoms with E-state index in [0.717, 1.165) is 0 Å². The molecule has 0 aliphatic carbocycles. The van der Waals surface area contributed by atoms with Gasteiger partial charge in [-0.2, -0.15) is 0 Å². The molecule has 1 amide bonds. The molecule has 0 aliphatic heterocycles. The molecule has 0 spiro atoms. The van der Waals surface area contributed by atoms with Crippen LogP contribution in [0.15, 0.2) is 24.3 Å². The lowest BCUT2D eigenvalue weighted by atomic mass is 10.1. The van der Waals surface area contributed by atoms with Crippen molar-refractivity contribution in [3.63, 3.8) is 0 Å². The van der Waals surface area contributed by atoms with E-state index < -0.39 is 6.17 Å². The molecule has 14 heavy (non-hydrogen) atoms. The summed E-state index contributed by atoms with van der Waals surface area (Å²) in [5.41, 5.74) is 6.37. The lowest BCUT2D eigenvalue weighted by Gasteiger charge is -2.06. The lowest BCUT2D eigenvalue weighted by molar-refractivity contribution is -0.114. The monoisotopic (exact) mass is 196 g/mol. The fourth-order valence-corrected chi connectivity index (χ4v) is 1.11. The number of hydrogen-bond acceptors (Lipinski definition) is 2. The Labute approximate surface area is 82.1 Å². The van der Waals surface area contributed by atoms with Crippen LogP contribution in [0.3, 0.4) is 0 Å². The van der Waals surface area contributed by atoms with Crippen LogP contribution in [-0.2, 0) is 4.79 Å². The summed E-state index contributed by atoms with van der Waals surface area (Å²) < 4.78 is 13.0. The van der Waals surface area contributed by atoms with Gasteiger partial charge in [0, 0.05) is 19.2 Å². The van der Waals surface area contributed by atoms with Gasteiger partial charge in [-0.3, -0.25) is 4.79 Å². The van der Waals surface area contributed by atoms with Crippen molar-refractivity contribution in [3.05, 3.63) is 29.8 Å². The fraction of sp³-hybridized carbons (Fsp3) is 0.300. The van der Waals surface area contributed by atoms with Crippen molar-refractivity contribution in [2.24, 2.45) is 5.73 Å². The van der Waals surface area contributed by atoms with Gasteiger partial charge in [0.15, 0.2) is 0 Å². The van der Waals surface area contributed by atoms with E-state index in [1.54, 1.807) is 24.3 Å². The highest BCUT2D eigenvalue weighted by molar-refractivity contribution is 5.88. The Balaban J connectivity index is 2.73. The molecule has 3 nitrogen and oxygen atoms in total. The third kappa shape index (κ3) is 2.81. The number of alkyl halides is 1. The van der Waals surface area contributed by atoms with E-state index in [1.807, 2.05) is 0 Å². The summed E-state index contributed by atoms with van der Waals surface area (Å²) in [6.45, 7) is 1.39. The molecule has 0 radical (unpaired) electrons. The number of rotatable bonds is 3. The molecule has 0 bridgehead atoms. The molecule has 76 valence electrons. The van der Waals surface area contributed by atoms with Crippen molar-refractivity contribution in [1.29, 1.82) is 0 Å². The Morgan fingerprint density at radius 3 is 2.50 bits per heavy atom. The molecule has 0 saturated heterocycles. The number of benzene rings is 1. The first-order valence-corrected chi connectivity index (χ1v) is 4.35. The van der Waals surface area contributed by atoms with Crippen molar-refractivity contribution < 1.29 is 9.18 Å². The highest BCUT2D eigenvalue weighted by Gasteiger charge is 2.06. The molecule has 0 fully saturated rings. The van der Waals surface area contributed by atoms with Crippen LogP contribution < -0.4 is 11.1 Å². The van der Waals surface area contributed by atoms with Crippen molar-refractivity contribution in [3.8, 4) is 0 Å². The van der Waals surface area contributed by atoms with Gasteiger partial charge in [-0.25, -0.2) is 4.39 Å². The largest absolute Gasteiger partial charge is 0.327 e. The minimum absolute atomic E-state index is 0.0283. The minimum atomic E-state index is -1.14. The van der Waals surface area contributed by atoms with Crippen LogP contribution in [0.2, 0.25) is 0 Å². The smallest absolute Gasteiger partial charge is 0.221 e. The van der Waals surface area contributed by atoms with Crippen LogP contribution >= 0.6 is 0 Å². The predicted octanol–water partition coefficient (Wildman–Crippen LogP) is 1.61. The number of amides is 1. The fourth-order valence-electron chi connectivity index (χ4n) is 1.11. The Morgan fingerprint density at radius 2 is 2.07 bits per heavy atom. The maximum Gasteiger partial charge on any atom is 0.221 e. The van der Waals surface area contributed by atoms with Gasteiger partial charge < -0.3 is 11.1 Å². The van der Waals surface area contributed by atoms with Crippen molar-refractivity contribution in [2.45, 2.75) is 13.1 Å². The molecule has 4 heteroatoms. The van der Waals surface area contributed by atoms with E-state index in [-0.39, 0.29) is 12.5 Å². The maximum atomic E-state index is 13.0. The normalized spacial score (nSPS) is 12.2. The molecule has 1 unspecified atom stereocenters. The average molecular weight is 196 g/mol. The Kier molecular flexibility index (Phi) is 3.59. The zero-order chi connectivity index (χ0) is 10.6. The molecular formula is C10H13FN2O.